The Hall–Kier alpha value is -0.870. The predicted molar refractivity (Wildman–Crippen MR) is 89.3 cm³/mol. The second-order valence-electron chi connectivity index (χ2n) is 6.31. The van der Waals surface area contributed by atoms with Crippen LogP contribution in [-0.2, 0) is 4.79 Å². The third-order valence-electron chi connectivity index (χ3n) is 4.54. The molecular formula is C17H28N2OS. The summed E-state index contributed by atoms with van der Waals surface area (Å²) in [5.74, 6) is 0.935. The van der Waals surface area contributed by atoms with E-state index in [2.05, 4.69) is 54.7 Å². The molecule has 0 aromatic carbocycles. The van der Waals surface area contributed by atoms with E-state index < -0.39 is 0 Å². The van der Waals surface area contributed by atoms with Crippen molar-refractivity contribution in [2.24, 2.45) is 5.92 Å². The van der Waals surface area contributed by atoms with Crippen LogP contribution in [0.3, 0.4) is 0 Å². The van der Waals surface area contributed by atoms with Crippen LogP contribution in [0.1, 0.15) is 65.1 Å². The van der Waals surface area contributed by atoms with Gasteiger partial charge in [0.2, 0.25) is 5.91 Å². The van der Waals surface area contributed by atoms with Crippen molar-refractivity contribution in [3.05, 3.63) is 22.4 Å². The highest BCUT2D eigenvalue weighted by Gasteiger charge is 2.41. The Kier molecular flexibility index (Phi) is 5.82. The Morgan fingerprint density at radius 2 is 2.14 bits per heavy atom. The van der Waals surface area contributed by atoms with Crippen LogP contribution >= 0.6 is 11.3 Å². The van der Waals surface area contributed by atoms with E-state index in [-0.39, 0.29) is 24.2 Å². The van der Waals surface area contributed by atoms with Crippen molar-refractivity contribution in [2.75, 3.05) is 0 Å². The van der Waals surface area contributed by atoms with Gasteiger partial charge in [-0.25, -0.2) is 0 Å². The van der Waals surface area contributed by atoms with Crippen molar-refractivity contribution < 1.29 is 4.79 Å². The molecule has 0 aliphatic carbocycles. The van der Waals surface area contributed by atoms with E-state index >= 15 is 0 Å². The van der Waals surface area contributed by atoms with Crippen LogP contribution in [0.25, 0.3) is 0 Å². The summed E-state index contributed by atoms with van der Waals surface area (Å²) in [5.41, 5.74) is 1.22. The maximum absolute atomic E-state index is 12.8. The lowest BCUT2D eigenvalue weighted by atomic mass is 9.98. The third kappa shape index (κ3) is 3.67. The standard InChI is InChI=1S/C17H28N2OS/c1-5-7-15-17(20)19(13(4)10-12(3)6-2)16(18-15)14-8-9-21-11-14/h8-9,11-13,15-16,18H,5-7,10H2,1-4H3. The first-order chi connectivity index (χ1) is 10.1. The molecule has 2 rings (SSSR count). The zero-order chi connectivity index (χ0) is 15.4. The summed E-state index contributed by atoms with van der Waals surface area (Å²) in [6, 6.07) is 2.40. The fourth-order valence-corrected chi connectivity index (χ4v) is 3.85. The number of nitrogens with one attached hydrogen (secondary N) is 1. The molecule has 1 fully saturated rings. The van der Waals surface area contributed by atoms with E-state index in [9.17, 15) is 4.79 Å². The molecule has 1 aliphatic heterocycles. The van der Waals surface area contributed by atoms with E-state index in [0.29, 0.717) is 5.92 Å². The van der Waals surface area contributed by atoms with Gasteiger partial charge in [-0.15, -0.1) is 0 Å². The number of hydrogen-bond acceptors (Lipinski definition) is 3. The molecule has 4 unspecified atom stereocenters. The van der Waals surface area contributed by atoms with Gasteiger partial charge in [-0.3, -0.25) is 10.1 Å². The van der Waals surface area contributed by atoms with Crippen LogP contribution in [-0.4, -0.2) is 22.9 Å². The second-order valence-corrected chi connectivity index (χ2v) is 7.09. The molecule has 0 bridgehead atoms. The monoisotopic (exact) mass is 308 g/mol. The summed E-state index contributed by atoms with van der Waals surface area (Å²) in [6.45, 7) is 8.82. The van der Waals surface area contributed by atoms with Gasteiger partial charge in [0.25, 0.3) is 0 Å². The maximum Gasteiger partial charge on any atom is 0.241 e. The molecule has 0 saturated carbocycles. The minimum absolute atomic E-state index is 0.0146. The lowest BCUT2D eigenvalue weighted by molar-refractivity contribution is -0.132. The fraction of sp³-hybridized carbons (Fsp3) is 0.706. The van der Waals surface area contributed by atoms with Crippen molar-refractivity contribution in [1.29, 1.82) is 0 Å². The summed E-state index contributed by atoms with van der Waals surface area (Å²) in [4.78, 5) is 14.9. The zero-order valence-corrected chi connectivity index (χ0v) is 14.5. The van der Waals surface area contributed by atoms with Crippen LogP contribution in [0.4, 0.5) is 0 Å². The molecule has 1 saturated heterocycles. The van der Waals surface area contributed by atoms with Crippen molar-refractivity contribution >= 4 is 17.2 Å². The number of carbonyl (C=O) groups is 1. The van der Waals surface area contributed by atoms with Gasteiger partial charge in [0.1, 0.15) is 6.17 Å². The summed E-state index contributed by atoms with van der Waals surface area (Å²) in [7, 11) is 0. The van der Waals surface area contributed by atoms with Gasteiger partial charge in [-0.1, -0.05) is 33.6 Å². The molecule has 1 N–H and O–H groups in total. The van der Waals surface area contributed by atoms with E-state index in [4.69, 9.17) is 0 Å². The van der Waals surface area contributed by atoms with Crippen molar-refractivity contribution in [3.8, 4) is 0 Å². The maximum atomic E-state index is 12.8. The van der Waals surface area contributed by atoms with Crippen LogP contribution < -0.4 is 5.32 Å². The van der Waals surface area contributed by atoms with Crippen LogP contribution in [0.2, 0.25) is 0 Å². The fourth-order valence-electron chi connectivity index (χ4n) is 3.17. The third-order valence-corrected chi connectivity index (χ3v) is 5.24. The van der Waals surface area contributed by atoms with Gasteiger partial charge in [0, 0.05) is 6.04 Å². The Labute approximate surface area is 132 Å². The number of amides is 1. The van der Waals surface area contributed by atoms with E-state index in [1.54, 1.807) is 11.3 Å². The molecule has 0 radical (unpaired) electrons. The highest BCUT2D eigenvalue weighted by Crippen LogP contribution is 2.32. The Bertz CT molecular complexity index is 446. The number of hydrogen-bond donors (Lipinski definition) is 1. The van der Waals surface area contributed by atoms with Gasteiger partial charge < -0.3 is 4.90 Å². The van der Waals surface area contributed by atoms with E-state index in [1.807, 2.05) is 0 Å². The van der Waals surface area contributed by atoms with Gasteiger partial charge in [-0.05, 0) is 48.1 Å². The number of nitrogens with zero attached hydrogens (tertiary/aromatic N) is 1. The van der Waals surface area contributed by atoms with Gasteiger partial charge in [0.15, 0.2) is 0 Å². The SMILES string of the molecule is CCCC1NC(c2ccsc2)N(C(C)CC(C)CC)C1=O. The molecule has 4 heteroatoms. The Balaban J connectivity index is 2.18. The summed E-state index contributed by atoms with van der Waals surface area (Å²) in [5, 5.41) is 7.79. The molecule has 0 spiro atoms. The topological polar surface area (TPSA) is 32.3 Å². The number of carbonyl (C=O) groups excluding carboxylic acids is 1. The average Bonchev–Trinajstić information content (AvgIpc) is 3.08. The first-order valence-corrected chi connectivity index (χ1v) is 9.13. The molecule has 3 nitrogen and oxygen atoms in total. The van der Waals surface area contributed by atoms with E-state index in [0.717, 1.165) is 19.3 Å². The average molecular weight is 308 g/mol. The van der Waals surface area contributed by atoms with E-state index in [1.165, 1.54) is 12.0 Å². The summed E-state index contributed by atoms with van der Waals surface area (Å²) >= 11 is 1.70. The minimum atomic E-state index is -0.0146. The summed E-state index contributed by atoms with van der Waals surface area (Å²) in [6.07, 6.45) is 4.25. The van der Waals surface area contributed by atoms with Crippen LogP contribution in [0.15, 0.2) is 16.8 Å². The second kappa shape index (κ2) is 7.41. The highest BCUT2D eigenvalue weighted by atomic mass is 32.1. The Morgan fingerprint density at radius 1 is 1.38 bits per heavy atom. The first kappa shape index (κ1) is 16.5. The van der Waals surface area contributed by atoms with Gasteiger partial charge >= 0.3 is 0 Å². The molecule has 1 aliphatic rings. The summed E-state index contributed by atoms with van der Waals surface area (Å²) < 4.78 is 0. The number of thiophene rings is 1. The molecule has 4 atom stereocenters. The lowest BCUT2D eigenvalue weighted by Crippen LogP contribution is -2.39. The number of rotatable bonds is 7. The predicted octanol–water partition coefficient (Wildman–Crippen LogP) is 4.17. The quantitative estimate of drug-likeness (QED) is 0.820. The molecule has 1 aromatic heterocycles. The molecule has 2 heterocycles. The minimum Gasteiger partial charge on any atom is -0.319 e. The zero-order valence-electron chi connectivity index (χ0n) is 13.6. The molecule has 21 heavy (non-hydrogen) atoms. The highest BCUT2D eigenvalue weighted by molar-refractivity contribution is 7.07. The van der Waals surface area contributed by atoms with Crippen LogP contribution in [0.5, 0.6) is 0 Å². The van der Waals surface area contributed by atoms with Crippen LogP contribution in [0, 0.1) is 5.92 Å². The first-order valence-electron chi connectivity index (χ1n) is 8.18. The molecular weight excluding hydrogens is 280 g/mol. The molecule has 1 aromatic rings. The smallest absolute Gasteiger partial charge is 0.241 e. The van der Waals surface area contributed by atoms with Crippen molar-refractivity contribution in [2.45, 2.75) is 71.6 Å². The Morgan fingerprint density at radius 3 is 2.71 bits per heavy atom. The largest absolute Gasteiger partial charge is 0.319 e. The normalized spacial score (nSPS) is 25.3. The lowest BCUT2D eigenvalue weighted by Gasteiger charge is -2.31. The van der Waals surface area contributed by atoms with Gasteiger partial charge in [0.05, 0.1) is 6.04 Å². The molecule has 118 valence electrons. The molecule has 1 amide bonds. The van der Waals surface area contributed by atoms with Crippen molar-refractivity contribution in [3.63, 3.8) is 0 Å². The van der Waals surface area contributed by atoms with Crippen molar-refractivity contribution in [1.82, 2.24) is 10.2 Å². The van der Waals surface area contributed by atoms with Gasteiger partial charge in [-0.2, -0.15) is 11.3 Å².